The maximum Gasteiger partial charge on any atom is 0.131 e. The van der Waals surface area contributed by atoms with Gasteiger partial charge in [0, 0.05) is 25.3 Å². The van der Waals surface area contributed by atoms with Crippen LogP contribution in [0.3, 0.4) is 0 Å². The van der Waals surface area contributed by atoms with E-state index in [1.807, 2.05) is 13.1 Å². The molecule has 0 aliphatic rings. The highest BCUT2D eigenvalue weighted by molar-refractivity contribution is 5.47. The van der Waals surface area contributed by atoms with E-state index in [1.54, 1.807) is 0 Å². The van der Waals surface area contributed by atoms with Gasteiger partial charge in [0.1, 0.15) is 5.82 Å². The SMILES string of the molecule is CCCCN(CCCC)c1ncc(CC(C)N)cc1C. The van der Waals surface area contributed by atoms with Gasteiger partial charge in [-0.3, -0.25) is 0 Å². The van der Waals surface area contributed by atoms with Crippen LogP contribution in [0.1, 0.15) is 57.6 Å². The predicted octanol–water partition coefficient (Wildman–Crippen LogP) is 3.69. The van der Waals surface area contributed by atoms with E-state index >= 15 is 0 Å². The Balaban J connectivity index is 2.83. The number of nitrogens with zero attached hydrogens (tertiary/aromatic N) is 2. The molecule has 0 fully saturated rings. The fourth-order valence-electron chi connectivity index (χ4n) is 2.46. The highest BCUT2D eigenvalue weighted by Crippen LogP contribution is 2.20. The first-order chi connectivity index (χ1) is 9.58. The Morgan fingerprint density at radius 1 is 1.20 bits per heavy atom. The number of pyridine rings is 1. The number of aryl methyl sites for hydroxylation is 1. The number of anilines is 1. The third-order valence-corrected chi connectivity index (χ3v) is 3.53. The van der Waals surface area contributed by atoms with Crippen molar-refractivity contribution in [1.29, 1.82) is 0 Å². The molecule has 0 spiro atoms. The van der Waals surface area contributed by atoms with Crippen molar-refractivity contribution in [1.82, 2.24) is 4.98 Å². The van der Waals surface area contributed by atoms with E-state index in [2.05, 4.69) is 31.7 Å². The summed E-state index contributed by atoms with van der Waals surface area (Å²) in [5, 5.41) is 0. The molecule has 1 atom stereocenters. The van der Waals surface area contributed by atoms with E-state index in [0.717, 1.165) is 25.3 Å². The van der Waals surface area contributed by atoms with Crippen molar-refractivity contribution in [3.05, 3.63) is 23.4 Å². The van der Waals surface area contributed by atoms with Crippen LogP contribution < -0.4 is 10.6 Å². The summed E-state index contributed by atoms with van der Waals surface area (Å²) in [7, 11) is 0. The second-order valence-electron chi connectivity index (χ2n) is 5.86. The molecule has 1 aromatic rings. The maximum atomic E-state index is 5.87. The number of hydrogen-bond donors (Lipinski definition) is 1. The Morgan fingerprint density at radius 2 is 1.80 bits per heavy atom. The standard InChI is InChI=1S/C17H31N3/c1-5-7-9-20(10-8-6-2)17-14(3)11-16(13-19-17)12-15(4)18/h11,13,15H,5-10,12,18H2,1-4H3. The first-order valence-corrected chi connectivity index (χ1v) is 8.04. The number of nitrogens with two attached hydrogens (primary N) is 1. The summed E-state index contributed by atoms with van der Waals surface area (Å²) in [5.41, 5.74) is 8.38. The Morgan fingerprint density at radius 3 is 2.25 bits per heavy atom. The predicted molar refractivity (Wildman–Crippen MR) is 88.4 cm³/mol. The normalized spacial score (nSPS) is 12.4. The van der Waals surface area contributed by atoms with Crippen LogP contribution in [0.25, 0.3) is 0 Å². The molecule has 0 aliphatic carbocycles. The van der Waals surface area contributed by atoms with Gasteiger partial charge in [-0.25, -0.2) is 4.98 Å². The van der Waals surface area contributed by atoms with Crippen LogP contribution >= 0.6 is 0 Å². The highest BCUT2D eigenvalue weighted by atomic mass is 15.2. The van der Waals surface area contributed by atoms with E-state index in [9.17, 15) is 0 Å². The van der Waals surface area contributed by atoms with Gasteiger partial charge in [-0.2, -0.15) is 0 Å². The average molecular weight is 277 g/mol. The Labute approximate surface area is 124 Å². The zero-order valence-electron chi connectivity index (χ0n) is 13.7. The monoisotopic (exact) mass is 277 g/mol. The van der Waals surface area contributed by atoms with Crippen molar-refractivity contribution in [2.75, 3.05) is 18.0 Å². The summed E-state index contributed by atoms with van der Waals surface area (Å²) in [6.07, 6.45) is 7.81. The molecule has 0 amide bonds. The smallest absolute Gasteiger partial charge is 0.131 e. The van der Waals surface area contributed by atoms with Gasteiger partial charge < -0.3 is 10.6 Å². The Hall–Kier alpha value is -1.09. The van der Waals surface area contributed by atoms with Gasteiger partial charge in [0.15, 0.2) is 0 Å². The number of hydrogen-bond acceptors (Lipinski definition) is 3. The Bertz CT molecular complexity index is 380. The van der Waals surface area contributed by atoms with Crippen molar-refractivity contribution in [2.24, 2.45) is 5.73 Å². The van der Waals surface area contributed by atoms with E-state index < -0.39 is 0 Å². The highest BCUT2D eigenvalue weighted by Gasteiger charge is 2.11. The molecule has 1 unspecified atom stereocenters. The second kappa shape index (κ2) is 8.96. The van der Waals surface area contributed by atoms with Crippen molar-refractivity contribution in [2.45, 2.75) is 65.8 Å². The number of rotatable bonds is 9. The first kappa shape index (κ1) is 17.0. The van der Waals surface area contributed by atoms with Crippen molar-refractivity contribution in [3.63, 3.8) is 0 Å². The quantitative estimate of drug-likeness (QED) is 0.748. The molecule has 0 radical (unpaired) electrons. The minimum Gasteiger partial charge on any atom is -0.356 e. The fourth-order valence-corrected chi connectivity index (χ4v) is 2.46. The van der Waals surface area contributed by atoms with Gasteiger partial charge >= 0.3 is 0 Å². The van der Waals surface area contributed by atoms with Gasteiger partial charge in [0.2, 0.25) is 0 Å². The molecule has 1 aromatic heterocycles. The summed E-state index contributed by atoms with van der Waals surface area (Å²) < 4.78 is 0. The van der Waals surface area contributed by atoms with Crippen molar-refractivity contribution >= 4 is 5.82 Å². The molecule has 0 bridgehead atoms. The van der Waals surface area contributed by atoms with Gasteiger partial charge in [0.25, 0.3) is 0 Å². The summed E-state index contributed by atoms with van der Waals surface area (Å²) in [6.45, 7) is 10.9. The van der Waals surface area contributed by atoms with E-state index in [0.29, 0.717) is 0 Å². The molecule has 0 saturated carbocycles. The van der Waals surface area contributed by atoms with Crippen LogP contribution in [0, 0.1) is 6.92 Å². The van der Waals surface area contributed by atoms with Crippen LogP contribution in [0.4, 0.5) is 5.82 Å². The minimum atomic E-state index is 0.193. The third kappa shape index (κ3) is 5.49. The summed E-state index contributed by atoms with van der Waals surface area (Å²) in [6, 6.07) is 2.44. The topological polar surface area (TPSA) is 42.2 Å². The molecule has 3 heteroatoms. The molecule has 20 heavy (non-hydrogen) atoms. The maximum absolute atomic E-state index is 5.87. The van der Waals surface area contributed by atoms with Crippen molar-refractivity contribution in [3.8, 4) is 0 Å². The van der Waals surface area contributed by atoms with Crippen molar-refractivity contribution < 1.29 is 0 Å². The van der Waals surface area contributed by atoms with Gasteiger partial charge in [-0.15, -0.1) is 0 Å². The molecule has 114 valence electrons. The lowest BCUT2D eigenvalue weighted by Crippen LogP contribution is -2.27. The van der Waals surface area contributed by atoms with Crippen LogP contribution in [-0.4, -0.2) is 24.1 Å². The van der Waals surface area contributed by atoms with E-state index in [-0.39, 0.29) is 6.04 Å². The van der Waals surface area contributed by atoms with Crippen LogP contribution in [0.2, 0.25) is 0 Å². The van der Waals surface area contributed by atoms with Gasteiger partial charge in [-0.1, -0.05) is 32.8 Å². The molecule has 0 aromatic carbocycles. The molecular formula is C17H31N3. The third-order valence-electron chi connectivity index (χ3n) is 3.53. The largest absolute Gasteiger partial charge is 0.356 e. The summed E-state index contributed by atoms with van der Waals surface area (Å²) in [5.74, 6) is 1.15. The number of unbranched alkanes of at least 4 members (excludes halogenated alkanes) is 2. The summed E-state index contributed by atoms with van der Waals surface area (Å²) >= 11 is 0. The molecular weight excluding hydrogens is 246 g/mol. The molecule has 1 heterocycles. The minimum absolute atomic E-state index is 0.193. The molecule has 1 rings (SSSR count). The van der Waals surface area contributed by atoms with Gasteiger partial charge in [0.05, 0.1) is 0 Å². The van der Waals surface area contributed by atoms with E-state index in [4.69, 9.17) is 10.7 Å². The lowest BCUT2D eigenvalue weighted by atomic mass is 10.1. The fraction of sp³-hybridized carbons (Fsp3) is 0.706. The van der Waals surface area contributed by atoms with Crippen LogP contribution in [0.15, 0.2) is 12.3 Å². The molecule has 2 N–H and O–H groups in total. The molecule has 3 nitrogen and oxygen atoms in total. The first-order valence-electron chi connectivity index (χ1n) is 8.04. The average Bonchev–Trinajstić information content (AvgIpc) is 2.39. The zero-order valence-corrected chi connectivity index (χ0v) is 13.7. The molecule has 0 saturated heterocycles. The number of aromatic nitrogens is 1. The summed E-state index contributed by atoms with van der Waals surface area (Å²) in [4.78, 5) is 7.15. The lowest BCUT2D eigenvalue weighted by Gasteiger charge is -2.25. The van der Waals surface area contributed by atoms with Gasteiger partial charge in [-0.05, 0) is 44.2 Å². The molecule has 0 aliphatic heterocycles. The Kier molecular flexibility index (Phi) is 7.60. The van der Waals surface area contributed by atoms with E-state index in [1.165, 1.54) is 36.8 Å². The van der Waals surface area contributed by atoms with Crippen LogP contribution in [0.5, 0.6) is 0 Å². The zero-order chi connectivity index (χ0) is 15.0. The van der Waals surface area contributed by atoms with Crippen LogP contribution in [-0.2, 0) is 6.42 Å². The second-order valence-corrected chi connectivity index (χ2v) is 5.86. The lowest BCUT2D eigenvalue weighted by molar-refractivity contribution is 0.668.